The summed E-state index contributed by atoms with van der Waals surface area (Å²) in [5, 5.41) is 40.0. The molecule has 0 rings (SSSR count). The van der Waals surface area contributed by atoms with E-state index in [2.05, 4.69) is 22.2 Å². The summed E-state index contributed by atoms with van der Waals surface area (Å²) < 4.78 is 32.9. The van der Waals surface area contributed by atoms with E-state index < -0.39 is 46.8 Å². The smallest absolute Gasteiger partial charge is 0.393 e. The molecule has 11 heteroatoms. The molecule has 0 saturated heterocycles. The highest BCUT2D eigenvalue weighted by Gasteiger charge is 2.44. The maximum atomic E-state index is 12.4. The van der Waals surface area contributed by atoms with Crippen molar-refractivity contribution in [2.45, 2.75) is 166 Å². The number of rotatable bonds is 28. The molecule has 41 heavy (non-hydrogen) atoms. The molecule has 0 aliphatic rings. The maximum Gasteiger partial charge on any atom is 0.506 e. The molecule has 0 spiro atoms. The predicted molar refractivity (Wildman–Crippen MR) is 158 cm³/mol. The van der Waals surface area contributed by atoms with Crippen LogP contribution in [0.15, 0.2) is 0 Å². The molecule has 244 valence electrons. The molecule has 0 aliphatic heterocycles. The first-order chi connectivity index (χ1) is 19.5. The van der Waals surface area contributed by atoms with Crippen LogP contribution in [0.1, 0.15) is 155 Å². The topological polar surface area (TPSA) is 168 Å². The lowest BCUT2D eigenvalue weighted by Crippen LogP contribution is -2.47. The first-order valence-electron chi connectivity index (χ1n) is 15.9. The second-order valence-corrected chi connectivity index (χ2v) is 12.5. The van der Waals surface area contributed by atoms with Gasteiger partial charge in [-0.05, 0) is 25.7 Å². The number of aliphatic hydroxyl groups is 4. The van der Waals surface area contributed by atoms with Gasteiger partial charge in [-0.25, -0.2) is 9.59 Å². The Morgan fingerprint density at radius 1 is 0.512 bits per heavy atom. The number of hydrogen-bond donors (Lipinski definition) is 4. The molecule has 0 radical (unpaired) electrons. The van der Waals surface area contributed by atoms with Crippen LogP contribution in [0.3, 0.4) is 0 Å². The minimum Gasteiger partial charge on any atom is -0.393 e. The fraction of sp³-hybridized carbons (Fsp3) is 0.933. The summed E-state index contributed by atoms with van der Waals surface area (Å²) in [4.78, 5) is 24.7. The van der Waals surface area contributed by atoms with Gasteiger partial charge in [0.1, 0.15) is 0 Å². The summed E-state index contributed by atoms with van der Waals surface area (Å²) in [6.07, 6.45) is 19.6. The highest BCUT2D eigenvalue weighted by molar-refractivity contribution is 7.82. The van der Waals surface area contributed by atoms with E-state index in [1.54, 1.807) is 0 Å². The summed E-state index contributed by atoms with van der Waals surface area (Å²) in [7, 11) is -5.31. The van der Waals surface area contributed by atoms with Crippen molar-refractivity contribution in [2.75, 3.05) is 13.2 Å². The van der Waals surface area contributed by atoms with Gasteiger partial charge in [-0.2, -0.15) is 0 Å². The standard InChI is InChI=1S/C30H58O10S/c1-3-5-7-9-11-13-15-17-19-21-23-29(35,25-31)27(33)39-41(37,38)40-28(34)30(36,26-32)24-22-20-18-16-14-12-10-8-6-4-2/h31-32,35-36H,3-26H2,1-2H3. The third-order valence-corrected chi connectivity index (χ3v) is 8.24. The van der Waals surface area contributed by atoms with Crippen molar-refractivity contribution < 1.29 is 46.8 Å². The molecule has 0 fully saturated rings. The van der Waals surface area contributed by atoms with Gasteiger partial charge in [0, 0.05) is 0 Å². The van der Waals surface area contributed by atoms with Crippen LogP contribution in [0.4, 0.5) is 0 Å². The Labute approximate surface area is 248 Å². The molecule has 4 N–H and O–H groups in total. The van der Waals surface area contributed by atoms with Gasteiger partial charge in [0.25, 0.3) is 0 Å². The lowest BCUT2D eigenvalue weighted by Gasteiger charge is -2.25. The van der Waals surface area contributed by atoms with Crippen LogP contribution >= 0.6 is 0 Å². The first-order valence-corrected chi connectivity index (χ1v) is 17.2. The van der Waals surface area contributed by atoms with Crippen LogP contribution in [0.25, 0.3) is 0 Å². The summed E-state index contributed by atoms with van der Waals surface area (Å²) in [6, 6.07) is 0. The van der Waals surface area contributed by atoms with Crippen LogP contribution in [0.2, 0.25) is 0 Å². The van der Waals surface area contributed by atoms with Crippen LogP contribution < -0.4 is 0 Å². The van der Waals surface area contributed by atoms with Gasteiger partial charge in [0.2, 0.25) is 0 Å². The largest absolute Gasteiger partial charge is 0.506 e. The molecular formula is C30H58O10S. The van der Waals surface area contributed by atoms with E-state index in [-0.39, 0.29) is 12.8 Å². The number of unbranched alkanes of at least 4 members (excludes halogenated alkanes) is 18. The average Bonchev–Trinajstić information content (AvgIpc) is 2.94. The predicted octanol–water partition coefficient (Wildman–Crippen LogP) is 5.39. The minimum atomic E-state index is -5.31. The Bertz CT molecular complexity index is 730. The molecule has 0 heterocycles. The lowest BCUT2D eigenvalue weighted by atomic mass is 9.96. The fourth-order valence-corrected chi connectivity index (χ4v) is 5.37. The molecule has 10 nitrogen and oxygen atoms in total. The second-order valence-electron chi connectivity index (χ2n) is 11.4. The van der Waals surface area contributed by atoms with Gasteiger partial charge < -0.3 is 28.8 Å². The van der Waals surface area contributed by atoms with Crippen LogP contribution in [-0.2, 0) is 28.4 Å². The van der Waals surface area contributed by atoms with E-state index in [4.69, 9.17) is 0 Å². The zero-order valence-corrected chi connectivity index (χ0v) is 26.4. The summed E-state index contributed by atoms with van der Waals surface area (Å²) in [6.45, 7) is 2.18. The molecule has 0 aliphatic carbocycles. The van der Waals surface area contributed by atoms with Crippen LogP contribution in [0, 0.1) is 0 Å². The van der Waals surface area contributed by atoms with Gasteiger partial charge >= 0.3 is 22.3 Å². The first kappa shape index (κ1) is 39.7. The number of hydrogen-bond acceptors (Lipinski definition) is 10. The zero-order valence-electron chi connectivity index (χ0n) is 25.6. The third kappa shape index (κ3) is 18.8. The van der Waals surface area contributed by atoms with E-state index in [9.17, 15) is 38.4 Å². The second kappa shape index (κ2) is 23.2. The Morgan fingerprint density at radius 2 is 0.756 bits per heavy atom. The highest BCUT2D eigenvalue weighted by Crippen LogP contribution is 2.22. The molecule has 0 aromatic heterocycles. The van der Waals surface area contributed by atoms with E-state index in [0.717, 1.165) is 51.4 Å². The average molecular weight is 611 g/mol. The van der Waals surface area contributed by atoms with Gasteiger partial charge in [-0.3, -0.25) is 0 Å². The molecule has 0 amide bonds. The minimum absolute atomic E-state index is 0.235. The molecule has 0 saturated carbocycles. The van der Waals surface area contributed by atoms with Crippen molar-refractivity contribution in [3.63, 3.8) is 0 Å². The Hall–Kier alpha value is -1.27. The van der Waals surface area contributed by atoms with E-state index in [1.807, 2.05) is 0 Å². The maximum absolute atomic E-state index is 12.4. The van der Waals surface area contributed by atoms with Crippen LogP contribution in [-0.4, -0.2) is 65.2 Å². The Kier molecular flexibility index (Phi) is 22.5. The molecule has 0 aromatic carbocycles. The number of carbonyl (C=O) groups is 2. The molecule has 2 atom stereocenters. The summed E-state index contributed by atoms with van der Waals surface area (Å²) in [5.74, 6) is -3.35. The van der Waals surface area contributed by atoms with Crippen molar-refractivity contribution in [2.24, 2.45) is 0 Å². The summed E-state index contributed by atoms with van der Waals surface area (Å²) in [5.41, 5.74) is -4.97. The molecule has 0 bridgehead atoms. The number of carbonyl (C=O) groups excluding carboxylic acids is 2. The molecule has 2 unspecified atom stereocenters. The zero-order chi connectivity index (χ0) is 31.0. The monoisotopic (exact) mass is 610 g/mol. The van der Waals surface area contributed by atoms with E-state index >= 15 is 0 Å². The van der Waals surface area contributed by atoms with Gasteiger partial charge in [0.05, 0.1) is 13.2 Å². The fourth-order valence-electron chi connectivity index (χ4n) is 4.66. The Morgan fingerprint density at radius 3 is 1.00 bits per heavy atom. The molecular weight excluding hydrogens is 552 g/mol. The van der Waals surface area contributed by atoms with Gasteiger partial charge in [-0.1, -0.05) is 129 Å². The lowest BCUT2D eigenvalue weighted by molar-refractivity contribution is -0.165. The van der Waals surface area contributed by atoms with Crippen molar-refractivity contribution >= 4 is 22.3 Å². The van der Waals surface area contributed by atoms with Crippen molar-refractivity contribution in [3.8, 4) is 0 Å². The normalized spacial score (nSPS) is 14.8. The SMILES string of the molecule is CCCCCCCCCCCCC(O)(CO)C(=O)OS(=O)(=O)OC(=O)C(O)(CO)CCCCCCCCCCCC. The number of aliphatic hydroxyl groups excluding tert-OH is 2. The third-order valence-electron chi connectivity index (χ3n) is 7.53. The van der Waals surface area contributed by atoms with Gasteiger partial charge in [0.15, 0.2) is 11.2 Å². The van der Waals surface area contributed by atoms with E-state index in [0.29, 0.717) is 25.7 Å². The van der Waals surface area contributed by atoms with Gasteiger partial charge in [-0.15, -0.1) is 8.42 Å². The summed E-state index contributed by atoms with van der Waals surface area (Å²) >= 11 is 0. The Balaban J connectivity index is 4.51. The highest BCUT2D eigenvalue weighted by atomic mass is 32.3. The quantitative estimate of drug-likeness (QED) is 0.0843. The van der Waals surface area contributed by atoms with Crippen molar-refractivity contribution in [1.82, 2.24) is 0 Å². The van der Waals surface area contributed by atoms with Crippen molar-refractivity contribution in [3.05, 3.63) is 0 Å². The van der Waals surface area contributed by atoms with E-state index in [1.165, 1.54) is 51.4 Å². The molecule has 0 aromatic rings. The van der Waals surface area contributed by atoms with Crippen LogP contribution in [0.5, 0.6) is 0 Å². The van der Waals surface area contributed by atoms with Crippen molar-refractivity contribution in [1.29, 1.82) is 0 Å².